The molecule has 10 saturated heterocycles. The number of amides is 4. The van der Waals surface area contributed by atoms with Gasteiger partial charge in [-0.15, -0.1) is 0 Å². The van der Waals surface area contributed by atoms with Gasteiger partial charge in [-0.05, 0) is 13.8 Å². The summed E-state index contributed by atoms with van der Waals surface area (Å²) in [6.07, 6.45) is -94.7. The molecule has 10 fully saturated rings. The van der Waals surface area contributed by atoms with Crippen molar-refractivity contribution in [3.63, 3.8) is 0 Å². The Balaban J connectivity index is 1.00. The lowest BCUT2D eigenvalue weighted by Crippen LogP contribution is -2.71. The Morgan fingerprint density at radius 3 is 1.01 bits per heavy atom. The molecule has 53 nitrogen and oxygen atoms in total. The Morgan fingerprint density at radius 1 is 0.231 bits per heavy atom. The smallest absolute Gasteiger partial charge is 0.217 e. The SMILES string of the molecule is CC(=O)N[C@@H]1[C@@H](O[C@@H]2O[C@@H](C)[C@@H](O)[C@@H](O)[C@@H]2O)[C@H](O[C@@H]2O[C@H](CO)[C@@H](O[C@@H]3O[C@H](CO[C@H]4O[C@H](CO)[C@@H](O)[C@H](O)[C@@H]4O[C@@H]4O[C@H](CO[C@@H]5O[C@@H](C)[C@@H](O)[C@@H](O)[C@@H]5O)[C@@H](O[C@@H]5O[C@H](CO)[C@H](O)[C@H](O)[C@H]5O)[C@H](O)[C@H]4NC(C)=O)[C@@H](O)[C@H](O[C@H]4O[C@H](CO)[C@@H](O)[C@H](O)[C@@H]4O[C@@H]4O[C@H](CO)[C@@H](O)[C@H](O)[C@H]4NC(C)=O)[C@@H]3O)[C@H](O)[C@H]2NC(C)=O)[C@@H](CO)O[C@H]1O. The molecule has 0 aromatic heterocycles. The quantitative estimate of drug-likeness (QED) is 0.0318. The van der Waals surface area contributed by atoms with E-state index in [0.717, 1.165) is 27.7 Å². The van der Waals surface area contributed by atoms with Crippen LogP contribution in [-0.2, 0) is 109 Å². The van der Waals surface area contributed by atoms with E-state index in [1.807, 2.05) is 0 Å². The summed E-state index contributed by atoms with van der Waals surface area (Å²) >= 11 is 0. The number of nitrogens with one attached hydrogen (secondary N) is 4. The number of hydrogen-bond acceptors (Lipinski definition) is 49. The number of carbonyl (C=O) groups excluding carboxylic acids is 4. The first-order valence-electron chi connectivity index (χ1n) is 38.8. The highest BCUT2D eigenvalue weighted by Gasteiger charge is 2.62. The van der Waals surface area contributed by atoms with Gasteiger partial charge in [0.05, 0.1) is 65.1 Å². The van der Waals surface area contributed by atoms with E-state index in [2.05, 4.69) is 21.3 Å². The standard InChI is InChI=1S/C68H114N4O49/c1-15-33(83)43(93)48(98)63(105-15)103-14-28-53(116-65-50(100)45(95)36(86)22(8-74)109-65)42(92)31(71-19(5)81)62(114-28)120-57-46(96)37(87)23(9-75)110-67(57)104-13-27-39(89)56(119-68-58(47(97)38(88)24(10-76)111-68)121-60-29(69-17(3)79)40(90)35(85)21(7-73)108-60)51(101)66(113-27)115-52-25(11-77)112-61(30(41(52)91)70-18(4)80)117-54-26(12-78)107-59(102)32(72-20(6)82)55(54)118-64-49(99)44(94)34(84)16(2)106-64/h15-16,21-68,73-78,83-102H,7-14H2,1-6H3,(H,69,79)(H,70,80)(H,71,81)(H,72,82)/t15-,16-,21+,22+,23+,24+,25+,26+,27+,28+,29+,30+,31+,32+,33+,34+,35+,36-,37+,38+,39+,40+,41+,42+,43+,44+,45-,46-,47-,48-,49-,50+,51-,52+,53+,54+,55+,56-,57-,58-,59+,60-,61-,62-,63+,64-,65-,66-,67-,68+/m0/s1. The molecular formula is C68H114N4O49. The minimum absolute atomic E-state index is 0.857. The van der Waals surface area contributed by atoms with Gasteiger partial charge in [0.2, 0.25) is 23.6 Å². The average molecular weight is 1770 g/mol. The zero-order valence-electron chi connectivity index (χ0n) is 65.5. The highest BCUT2D eigenvalue weighted by molar-refractivity contribution is 5.74. The number of carbonyl (C=O) groups is 4. The van der Waals surface area contributed by atoms with Crippen LogP contribution in [0.15, 0.2) is 0 Å². The summed E-state index contributed by atoms with van der Waals surface area (Å²) in [4.78, 5) is 51.8. The van der Waals surface area contributed by atoms with Gasteiger partial charge in [-0.2, -0.15) is 0 Å². The molecule has 0 aromatic rings. The second kappa shape index (κ2) is 43.0. The van der Waals surface area contributed by atoms with Gasteiger partial charge in [0.1, 0.15) is 232 Å². The summed E-state index contributed by atoms with van der Waals surface area (Å²) in [6.45, 7) is -2.56. The van der Waals surface area contributed by atoms with Crippen molar-refractivity contribution in [2.45, 2.75) is 348 Å². The van der Waals surface area contributed by atoms with Crippen molar-refractivity contribution in [1.29, 1.82) is 0 Å². The first-order chi connectivity index (χ1) is 57.1. The molecule has 53 heteroatoms. The zero-order chi connectivity index (χ0) is 89.1. The zero-order valence-corrected chi connectivity index (χ0v) is 65.5. The molecule has 121 heavy (non-hydrogen) atoms. The van der Waals surface area contributed by atoms with Gasteiger partial charge in [0, 0.05) is 27.7 Å². The van der Waals surface area contributed by atoms with E-state index in [9.17, 15) is 152 Å². The highest BCUT2D eigenvalue weighted by atomic mass is 16.8. The molecule has 0 aliphatic carbocycles. The third-order valence-electron chi connectivity index (χ3n) is 22.4. The summed E-state index contributed by atoms with van der Waals surface area (Å²) in [5.41, 5.74) is 0. The molecule has 10 heterocycles. The lowest BCUT2D eigenvalue weighted by atomic mass is 9.93. The fourth-order valence-corrected chi connectivity index (χ4v) is 15.7. The Morgan fingerprint density at radius 2 is 0.529 bits per heavy atom. The van der Waals surface area contributed by atoms with Crippen molar-refractivity contribution >= 4 is 23.6 Å². The predicted octanol–water partition coefficient (Wildman–Crippen LogP) is -20.2. The maximum atomic E-state index is 13.3. The van der Waals surface area contributed by atoms with E-state index in [1.54, 1.807) is 0 Å². The third kappa shape index (κ3) is 22.0. The lowest BCUT2D eigenvalue weighted by molar-refractivity contribution is -0.398. The third-order valence-corrected chi connectivity index (χ3v) is 22.4. The molecule has 0 bridgehead atoms. The Bertz CT molecular complexity index is 3270. The van der Waals surface area contributed by atoms with E-state index < -0.39 is 383 Å². The monoisotopic (exact) mass is 1770 g/mol. The van der Waals surface area contributed by atoms with Crippen LogP contribution in [0, 0.1) is 0 Å². The first kappa shape index (κ1) is 99.2. The van der Waals surface area contributed by atoms with Crippen LogP contribution in [0.3, 0.4) is 0 Å². The van der Waals surface area contributed by atoms with E-state index in [0.29, 0.717) is 0 Å². The minimum Gasteiger partial charge on any atom is -0.394 e. The van der Waals surface area contributed by atoms with Gasteiger partial charge in [-0.1, -0.05) is 0 Å². The van der Waals surface area contributed by atoms with E-state index in [-0.39, 0.29) is 0 Å². The van der Waals surface area contributed by atoms with Crippen LogP contribution in [-0.4, -0.2) is 516 Å². The van der Waals surface area contributed by atoms with Crippen LogP contribution >= 0.6 is 0 Å². The molecule has 10 rings (SSSR count). The number of hydrogen-bond donors (Lipinski definition) is 30. The maximum Gasteiger partial charge on any atom is 0.217 e. The van der Waals surface area contributed by atoms with Gasteiger partial charge in [-0.3, -0.25) is 19.2 Å². The van der Waals surface area contributed by atoms with Crippen molar-refractivity contribution < 1.29 is 242 Å². The van der Waals surface area contributed by atoms with Crippen molar-refractivity contribution in [3.8, 4) is 0 Å². The average Bonchev–Trinajstić information content (AvgIpc) is 0.763. The van der Waals surface area contributed by atoms with Crippen molar-refractivity contribution in [3.05, 3.63) is 0 Å². The predicted molar refractivity (Wildman–Crippen MR) is 373 cm³/mol. The first-order valence-corrected chi connectivity index (χ1v) is 38.8. The van der Waals surface area contributed by atoms with Crippen LogP contribution in [0.2, 0.25) is 0 Å². The summed E-state index contributed by atoms with van der Waals surface area (Å²) in [5.74, 6) is -3.72. The van der Waals surface area contributed by atoms with Crippen LogP contribution in [0.25, 0.3) is 0 Å². The van der Waals surface area contributed by atoms with Crippen LogP contribution < -0.4 is 21.3 Å². The molecule has 0 spiro atoms. The number of ether oxygens (including phenoxy) is 19. The van der Waals surface area contributed by atoms with Crippen molar-refractivity contribution in [2.24, 2.45) is 0 Å². The van der Waals surface area contributed by atoms with Gasteiger partial charge >= 0.3 is 0 Å². The van der Waals surface area contributed by atoms with E-state index in [4.69, 9.17) is 90.0 Å². The molecule has 4 amide bonds. The lowest BCUT2D eigenvalue weighted by Gasteiger charge is -2.51. The van der Waals surface area contributed by atoms with Crippen LogP contribution in [0.1, 0.15) is 41.5 Å². The summed E-state index contributed by atoms with van der Waals surface area (Å²) in [6, 6.07) is -7.61. The fourth-order valence-electron chi connectivity index (χ4n) is 15.7. The second-order valence-corrected chi connectivity index (χ2v) is 31.0. The molecule has 30 N–H and O–H groups in total. The molecule has 700 valence electrons. The largest absolute Gasteiger partial charge is 0.394 e. The molecular weight excluding hydrogens is 1660 g/mol. The molecule has 50 atom stereocenters. The highest BCUT2D eigenvalue weighted by Crippen LogP contribution is 2.41. The summed E-state index contributed by atoms with van der Waals surface area (Å²) < 4.78 is 114. The molecule has 0 radical (unpaired) electrons. The topological polar surface area (TPSA) is 818 Å². The van der Waals surface area contributed by atoms with E-state index in [1.165, 1.54) is 13.8 Å². The Hall–Kier alpha value is -3.92. The van der Waals surface area contributed by atoms with Crippen molar-refractivity contribution in [2.75, 3.05) is 52.9 Å². The second-order valence-electron chi connectivity index (χ2n) is 31.0. The fraction of sp³-hybridized carbons (Fsp3) is 0.941. The number of aliphatic hydroxyl groups excluding tert-OH is 26. The Kier molecular flexibility index (Phi) is 35.3. The van der Waals surface area contributed by atoms with Crippen molar-refractivity contribution in [1.82, 2.24) is 21.3 Å². The maximum absolute atomic E-state index is 13.3. The molecule has 10 aliphatic rings. The Labute approximate surface area is 686 Å². The van der Waals surface area contributed by atoms with Crippen LogP contribution in [0.4, 0.5) is 0 Å². The van der Waals surface area contributed by atoms with Gasteiger partial charge in [-0.25, -0.2) is 0 Å². The molecule has 0 unspecified atom stereocenters. The number of rotatable bonds is 30. The minimum atomic E-state index is -2.60. The molecule has 0 aromatic carbocycles. The van der Waals surface area contributed by atoms with Gasteiger partial charge < -0.3 is 244 Å². The van der Waals surface area contributed by atoms with E-state index >= 15 is 0 Å². The van der Waals surface area contributed by atoms with Gasteiger partial charge in [0.15, 0.2) is 62.9 Å². The summed E-state index contributed by atoms with van der Waals surface area (Å²) in [7, 11) is 0. The van der Waals surface area contributed by atoms with Gasteiger partial charge in [0.25, 0.3) is 0 Å². The summed E-state index contributed by atoms with van der Waals surface area (Å²) in [5, 5.41) is 301. The molecule has 0 saturated carbocycles. The molecule has 10 aliphatic heterocycles. The number of aliphatic hydroxyl groups is 26. The normalized spacial score (nSPS) is 50.0. The van der Waals surface area contributed by atoms with Crippen LogP contribution in [0.5, 0.6) is 0 Å².